The Kier molecular flexibility index (Phi) is 21.8. The van der Waals surface area contributed by atoms with Gasteiger partial charge in [-0.15, -0.1) is 22.7 Å². The lowest BCUT2D eigenvalue weighted by molar-refractivity contribution is -0.168. The van der Waals surface area contributed by atoms with E-state index < -0.39 is 29.6 Å². The fourth-order valence-electron chi connectivity index (χ4n) is 12.1. The van der Waals surface area contributed by atoms with E-state index in [9.17, 15) is 33.9 Å². The van der Waals surface area contributed by atoms with Crippen LogP contribution in [0.25, 0.3) is 28.3 Å². The number of carboxylic acid groups (broad SMARTS) is 1. The molecule has 478 valence electrons. The number of halogens is 1. The van der Waals surface area contributed by atoms with E-state index in [-0.39, 0.29) is 78.9 Å². The molecule has 2 aliphatic carbocycles. The van der Waals surface area contributed by atoms with Crippen LogP contribution in [0.3, 0.4) is 0 Å². The second-order valence-corrected chi connectivity index (χ2v) is 30.9. The Morgan fingerprint density at radius 2 is 1.06 bits per heavy atom. The van der Waals surface area contributed by atoms with Crippen molar-refractivity contribution in [3.8, 4) is 22.8 Å². The third kappa shape index (κ3) is 17.7. The van der Waals surface area contributed by atoms with E-state index in [1.807, 2.05) is 93.8 Å². The van der Waals surface area contributed by atoms with Gasteiger partial charge in [0, 0.05) is 90.3 Å². The number of hydrogen-bond acceptors (Lipinski definition) is 13. The molecule has 1 saturated carbocycles. The van der Waals surface area contributed by atoms with Gasteiger partial charge in [-0.3, -0.25) is 28.8 Å². The minimum absolute atomic E-state index is 0.0764. The van der Waals surface area contributed by atoms with Crippen molar-refractivity contribution in [3.63, 3.8) is 0 Å². The van der Waals surface area contributed by atoms with Crippen LogP contribution in [0.4, 0.5) is 0 Å². The number of nitrogens with one attached hydrogen (secondary N) is 2. The molecule has 0 bridgehead atoms. The number of allylic oxidation sites excluding steroid dienone is 2. The minimum Gasteiger partial charge on any atom is -0.481 e. The van der Waals surface area contributed by atoms with Gasteiger partial charge in [0.15, 0.2) is 11.6 Å². The summed E-state index contributed by atoms with van der Waals surface area (Å²) in [5, 5.41) is 15.2. The van der Waals surface area contributed by atoms with Gasteiger partial charge in [0.2, 0.25) is 11.8 Å². The van der Waals surface area contributed by atoms with Gasteiger partial charge in [-0.25, -0.2) is 19.9 Å². The molecular weight excluding hydrogens is 1240 g/mol. The monoisotopic (exact) mass is 1320 g/mol. The van der Waals surface area contributed by atoms with Crippen LogP contribution in [0, 0.1) is 29.6 Å². The predicted octanol–water partition coefficient (Wildman–Crippen LogP) is 13.6. The topological polar surface area (TPSA) is 214 Å². The van der Waals surface area contributed by atoms with E-state index in [1.165, 1.54) is 78.1 Å². The summed E-state index contributed by atoms with van der Waals surface area (Å²) in [6.45, 7) is 21.2. The first-order valence-corrected chi connectivity index (χ1v) is 34.1. The zero-order valence-electron chi connectivity index (χ0n) is 53.6. The summed E-state index contributed by atoms with van der Waals surface area (Å²) in [6.07, 6.45) is 22.1. The van der Waals surface area contributed by atoms with Crippen LogP contribution in [0.1, 0.15) is 173 Å². The second-order valence-electron chi connectivity index (χ2n) is 27.8. The highest BCUT2D eigenvalue weighted by atomic mass is 79.9. The summed E-state index contributed by atoms with van der Waals surface area (Å²) >= 11 is 6.20. The fraction of sp³-hybridized carbons (Fsp3) is 0.493. The molecule has 1 unspecified atom stereocenters. The van der Waals surface area contributed by atoms with E-state index in [2.05, 4.69) is 91.1 Å². The number of benzene rings is 2. The van der Waals surface area contributed by atoms with Gasteiger partial charge >= 0.3 is 11.9 Å². The highest BCUT2D eigenvalue weighted by Gasteiger charge is 2.42. The molecular formula is C71H87BrN8O8S2. The largest absolute Gasteiger partial charge is 0.481 e. The van der Waals surface area contributed by atoms with Crippen molar-refractivity contribution in [1.82, 2.24) is 40.4 Å². The molecule has 10 rings (SSSR count). The Balaban J connectivity index is 0.000000219. The number of carbonyl (C=O) groups excluding carboxylic acids is 5. The highest BCUT2D eigenvalue weighted by Crippen LogP contribution is 2.42. The first-order chi connectivity index (χ1) is 42.7. The molecule has 3 atom stereocenters. The summed E-state index contributed by atoms with van der Waals surface area (Å²) in [7, 11) is 0. The Bertz CT molecular complexity index is 3510. The number of likely N-dealkylation sites (tertiary alicyclic amines) is 2. The molecule has 0 radical (unpaired) electrons. The van der Waals surface area contributed by atoms with Crippen molar-refractivity contribution in [3.05, 3.63) is 144 Å². The zero-order chi connectivity index (χ0) is 64.7. The maximum Gasteiger partial charge on any atom is 0.313 e. The number of carbonyl (C=O) groups is 6. The summed E-state index contributed by atoms with van der Waals surface area (Å²) in [5.41, 5.74) is 5.19. The minimum atomic E-state index is -0.909. The molecule has 90 heavy (non-hydrogen) atoms. The first kappa shape index (κ1) is 67.4. The maximum absolute atomic E-state index is 13.6. The van der Waals surface area contributed by atoms with E-state index in [0.717, 1.165) is 72.6 Å². The Morgan fingerprint density at radius 1 is 0.600 bits per heavy atom. The number of carboxylic acids is 1. The molecule has 0 spiro atoms. The van der Waals surface area contributed by atoms with Crippen molar-refractivity contribution in [2.45, 2.75) is 168 Å². The van der Waals surface area contributed by atoms with Crippen molar-refractivity contribution in [1.29, 1.82) is 0 Å². The summed E-state index contributed by atoms with van der Waals surface area (Å²) in [4.78, 5) is 102. The van der Waals surface area contributed by atoms with E-state index in [1.54, 1.807) is 29.4 Å². The molecule has 2 aliphatic heterocycles. The van der Waals surface area contributed by atoms with Crippen LogP contribution >= 0.6 is 38.6 Å². The van der Waals surface area contributed by atoms with Gasteiger partial charge < -0.3 is 30.3 Å². The predicted molar refractivity (Wildman–Crippen MR) is 358 cm³/mol. The third-order valence-corrected chi connectivity index (χ3v) is 20.9. The zero-order valence-corrected chi connectivity index (χ0v) is 56.9. The first-order valence-electron chi connectivity index (χ1n) is 31.7. The average Bonchev–Trinajstić information content (AvgIpc) is 1.02. The molecule has 3 fully saturated rings. The Morgan fingerprint density at radius 3 is 1.46 bits per heavy atom. The number of hydrogen-bond donors (Lipinski definition) is 3. The highest BCUT2D eigenvalue weighted by molar-refractivity contribution is 9.10. The lowest BCUT2D eigenvalue weighted by Crippen LogP contribution is -2.59. The number of esters is 1. The normalized spacial score (nSPS) is 18.8. The van der Waals surface area contributed by atoms with Gasteiger partial charge in [-0.2, -0.15) is 0 Å². The number of ether oxygens (including phenoxy) is 1. The average molecular weight is 1320 g/mol. The van der Waals surface area contributed by atoms with Gasteiger partial charge in [-0.1, -0.05) is 129 Å². The summed E-state index contributed by atoms with van der Waals surface area (Å²) < 4.78 is 6.27. The lowest BCUT2D eigenvalue weighted by atomic mass is 9.70. The van der Waals surface area contributed by atoms with Crippen LogP contribution in [0.2, 0.25) is 0 Å². The number of amides is 4. The van der Waals surface area contributed by atoms with Gasteiger partial charge in [0.05, 0.1) is 26.1 Å². The molecule has 2 aromatic carbocycles. The van der Waals surface area contributed by atoms with Crippen LogP contribution in [-0.4, -0.2) is 114 Å². The van der Waals surface area contributed by atoms with Gasteiger partial charge in [0.25, 0.3) is 11.8 Å². The van der Waals surface area contributed by atoms with Crippen LogP contribution in [0.5, 0.6) is 0 Å². The number of aliphatic carboxylic acids is 1. The second kappa shape index (κ2) is 29.1. The lowest BCUT2D eigenvalue weighted by Gasteiger charge is -2.40. The smallest absolute Gasteiger partial charge is 0.313 e. The maximum atomic E-state index is 13.6. The van der Waals surface area contributed by atoms with Crippen LogP contribution in [-0.2, 0) is 47.6 Å². The molecule has 19 heteroatoms. The van der Waals surface area contributed by atoms with Crippen molar-refractivity contribution >= 4 is 79.7 Å². The van der Waals surface area contributed by atoms with Crippen LogP contribution < -0.4 is 10.6 Å². The van der Waals surface area contributed by atoms with Crippen molar-refractivity contribution < 1.29 is 38.6 Å². The molecule has 6 aromatic rings. The molecule has 3 N–H and O–H groups in total. The number of aromatic nitrogens is 4. The van der Waals surface area contributed by atoms with Crippen LogP contribution in [0.15, 0.2) is 108 Å². The SMILES string of the molecule is CC(C)(C)OC(=O)C1CN(C(=O)[C@H](Cc2ccc(-c3ncc(Br)cn3)cc2)NC(=O)c2ccc(C(C)(C)C)s2)C1.CCCC1CCC(C2CC=C(c3cnc(-c4ccc(C[C@H](NC(=O)c5ccc(C(C)(C)C)s5)C(=O)N5CC(C(=O)O)C5)cc4)nc3)CC2)CC1. The fourth-order valence-corrected chi connectivity index (χ4v) is 14.2. The third-order valence-electron chi connectivity index (χ3n) is 17.5. The van der Waals surface area contributed by atoms with E-state index >= 15 is 0 Å². The number of rotatable bonds is 18. The van der Waals surface area contributed by atoms with Crippen molar-refractivity contribution in [2.24, 2.45) is 29.6 Å². The van der Waals surface area contributed by atoms with Gasteiger partial charge in [-0.05, 0) is 138 Å². The molecule has 4 amide bonds. The Labute approximate surface area is 546 Å². The van der Waals surface area contributed by atoms with Gasteiger partial charge in [0.1, 0.15) is 17.7 Å². The summed E-state index contributed by atoms with van der Waals surface area (Å²) in [5.74, 6) is 0.655. The molecule has 2 saturated heterocycles. The number of thiophene rings is 2. The molecule has 4 aliphatic rings. The van der Waals surface area contributed by atoms with E-state index in [0.29, 0.717) is 27.8 Å². The number of nitrogens with zero attached hydrogens (tertiary/aromatic N) is 6. The Hall–Kier alpha value is -6.96. The van der Waals surface area contributed by atoms with Crippen molar-refractivity contribution in [2.75, 3.05) is 26.2 Å². The molecule has 16 nitrogen and oxygen atoms in total. The quantitative estimate of drug-likeness (QED) is 0.0686. The summed E-state index contributed by atoms with van der Waals surface area (Å²) in [6, 6.07) is 21.3. The standard InChI is InChI=1S/C41H52N4O4S.C30H35BrN4O4S/c1-5-6-26-7-11-28(12-8-26)29-15-17-30(18-16-29)32-22-42-37(43-23-32)31-13-9-27(10-14-31)21-34(39(47)45-24-33(25-45)40(48)49)44-38(46)35-19-20-36(50-35)41(2,3)4;1-29(2,3)24-12-11-23(40-24)26(36)34-22(27(37)35-16-20(17-35)28(38)39-30(4,5)6)13-18-7-9-19(10-8-18)25-32-14-21(31)15-33-25/h9-10,13-14,17,19-20,22-23,26,28-29,33-34H,5-8,11-12,15-16,18,21,24-25H2,1-4H3,(H,44,46)(H,48,49);7-12,14-15,20,22H,13,16-17H2,1-6H3,(H,34,36)/t26?,28?,29?,34-;22-/m00/s1. The molecule has 6 heterocycles. The molecule has 4 aromatic heterocycles. The van der Waals surface area contributed by atoms with E-state index in [4.69, 9.17) is 14.7 Å².